The number of benzene rings is 2. The predicted molar refractivity (Wildman–Crippen MR) is 208 cm³/mol. The van der Waals surface area contributed by atoms with Gasteiger partial charge in [-0.05, 0) is 42.7 Å². The van der Waals surface area contributed by atoms with Gasteiger partial charge in [0.1, 0.15) is 17.6 Å². The molecule has 5 aromatic rings. The smallest absolute Gasteiger partial charge is 0.264 e. The van der Waals surface area contributed by atoms with Crippen LogP contribution in [-0.2, 0) is 32.2 Å². The van der Waals surface area contributed by atoms with E-state index in [1.165, 1.54) is 0 Å². The third-order valence-electron chi connectivity index (χ3n) is 9.26. The highest BCUT2D eigenvalue weighted by Crippen LogP contribution is 2.32. The maximum atomic E-state index is 13.2. The number of aromatic nitrogens is 5. The first kappa shape index (κ1) is 37.7. The largest absolute Gasteiger partial charge is 0.382 e. The highest BCUT2D eigenvalue weighted by Gasteiger charge is 2.45. The third kappa shape index (κ3) is 9.19. The molecule has 3 aromatic heterocycles. The average Bonchev–Trinajstić information content (AvgIpc) is 3.78. The molecule has 0 bridgehead atoms. The van der Waals surface area contributed by atoms with E-state index in [4.69, 9.17) is 14.5 Å². The molecule has 15 nitrogen and oxygen atoms in total. The Bertz CT molecular complexity index is 2210. The summed E-state index contributed by atoms with van der Waals surface area (Å²) in [5.41, 5.74) is 5.68. The number of anilines is 2. The maximum Gasteiger partial charge on any atom is 0.264 e. The molecule has 0 spiro atoms. The molecule has 2 aliphatic rings. The first-order chi connectivity index (χ1) is 27.4. The summed E-state index contributed by atoms with van der Waals surface area (Å²) in [6.45, 7) is 3.03. The molecule has 1 atom stereocenters. The fraction of sp³-hybridized carbons (Fsp3) is 0.268. The van der Waals surface area contributed by atoms with Crippen molar-refractivity contribution in [1.29, 1.82) is 0 Å². The second-order valence-corrected chi connectivity index (χ2v) is 13.2. The van der Waals surface area contributed by atoms with Gasteiger partial charge in [-0.15, -0.1) is 5.10 Å². The molecule has 4 amide bonds. The van der Waals surface area contributed by atoms with Crippen LogP contribution in [0.3, 0.4) is 0 Å². The van der Waals surface area contributed by atoms with Crippen molar-refractivity contribution in [2.24, 2.45) is 0 Å². The number of rotatable bonds is 18. The van der Waals surface area contributed by atoms with Crippen LogP contribution in [-0.4, -0.2) is 92.4 Å². The molecule has 0 saturated carbocycles. The third-order valence-corrected chi connectivity index (χ3v) is 9.26. The van der Waals surface area contributed by atoms with E-state index < -0.39 is 29.7 Å². The van der Waals surface area contributed by atoms with Crippen LogP contribution < -0.4 is 16.0 Å². The fourth-order valence-corrected chi connectivity index (χ4v) is 6.48. The van der Waals surface area contributed by atoms with Gasteiger partial charge in [-0.1, -0.05) is 59.8 Å². The van der Waals surface area contributed by atoms with Gasteiger partial charge >= 0.3 is 0 Å². The standard InChI is InChI=1S/C41H41N9O6/c51-36-15-14-35(39(52)46-36)50-40(53)33-10-4-11-34(37(33)41(50)54)43-18-20-55-21-22-56-27-32-26-49(48-47-32)19-6-17-44-38-29(13-12-28-7-2-1-3-8-28)23-31(25-45-38)30-9-5-16-42-24-30/h1-5,7-13,16,23-26,35,43H,6,14-15,17-22,27H2,(H,44,45)(H,46,51,52)/b13-12+. The highest BCUT2D eigenvalue weighted by molar-refractivity contribution is 6.25. The van der Waals surface area contributed by atoms with Gasteiger partial charge in [-0.25, -0.2) is 4.98 Å². The van der Waals surface area contributed by atoms with Crippen LogP contribution in [0.4, 0.5) is 11.5 Å². The van der Waals surface area contributed by atoms with E-state index in [2.05, 4.69) is 61.6 Å². The summed E-state index contributed by atoms with van der Waals surface area (Å²) in [6.07, 6.45) is 12.4. The number of imide groups is 2. The van der Waals surface area contributed by atoms with Crippen molar-refractivity contribution in [3.05, 3.63) is 119 Å². The number of carbonyl (C=O) groups is 4. The van der Waals surface area contributed by atoms with Crippen molar-refractivity contribution in [1.82, 2.24) is 35.2 Å². The van der Waals surface area contributed by atoms with Crippen LogP contribution in [0.1, 0.15) is 56.8 Å². The Morgan fingerprint density at radius 2 is 1.73 bits per heavy atom. The molecular weight excluding hydrogens is 715 g/mol. The monoisotopic (exact) mass is 755 g/mol. The number of piperidine rings is 1. The van der Waals surface area contributed by atoms with Crippen molar-refractivity contribution in [3.63, 3.8) is 0 Å². The number of nitrogens with one attached hydrogen (secondary N) is 3. The number of carbonyl (C=O) groups excluding carboxylic acids is 4. The van der Waals surface area contributed by atoms with E-state index in [0.717, 1.165) is 39.4 Å². The van der Waals surface area contributed by atoms with Crippen LogP contribution >= 0.6 is 0 Å². The first-order valence-corrected chi connectivity index (χ1v) is 18.4. The Kier molecular flexibility index (Phi) is 12.2. The van der Waals surface area contributed by atoms with Crippen LogP contribution in [0.15, 0.2) is 91.5 Å². The Labute approximate surface area is 323 Å². The van der Waals surface area contributed by atoms with E-state index in [1.807, 2.05) is 48.9 Å². The van der Waals surface area contributed by atoms with E-state index in [0.29, 0.717) is 57.4 Å². The summed E-state index contributed by atoms with van der Waals surface area (Å²) < 4.78 is 13.2. The quantitative estimate of drug-likeness (QED) is 0.0845. The van der Waals surface area contributed by atoms with Crippen molar-refractivity contribution in [2.45, 2.75) is 38.5 Å². The zero-order valence-corrected chi connectivity index (χ0v) is 30.6. The van der Waals surface area contributed by atoms with Gasteiger partial charge < -0.3 is 20.1 Å². The molecule has 0 radical (unpaired) electrons. The minimum atomic E-state index is -1.02. The molecule has 2 aliphatic heterocycles. The summed E-state index contributed by atoms with van der Waals surface area (Å²) in [5, 5.41) is 17.3. The molecule has 1 unspecified atom stereocenters. The van der Waals surface area contributed by atoms with Crippen molar-refractivity contribution in [3.8, 4) is 11.1 Å². The minimum absolute atomic E-state index is 0.0631. The van der Waals surface area contributed by atoms with E-state index in [9.17, 15) is 19.2 Å². The lowest BCUT2D eigenvalue weighted by Crippen LogP contribution is -2.54. The zero-order valence-electron chi connectivity index (χ0n) is 30.6. The Morgan fingerprint density at radius 1 is 0.857 bits per heavy atom. The van der Waals surface area contributed by atoms with Crippen molar-refractivity contribution < 1.29 is 28.7 Å². The maximum absolute atomic E-state index is 13.2. The van der Waals surface area contributed by atoms with Crippen molar-refractivity contribution >= 4 is 47.3 Å². The lowest BCUT2D eigenvalue weighted by molar-refractivity contribution is -0.136. The number of fused-ring (bicyclic) bond motifs is 1. The normalized spacial score (nSPS) is 15.4. The van der Waals surface area contributed by atoms with Gasteiger partial charge in [-0.3, -0.25) is 39.1 Å². The highest BCUT2D eigenvalue weighted by atomic mass is 16.5. The molecule has 2 aromatic carbocycles. The molecule has 286 valence electrons. The average molecular weight is 756 g/mol. The minimum Gasteiger partial charge on any atom is -0.382 e. The number of hydrogen-bond acceptors (Lipinski definition) is 12. The topological polar surface area (TPSA) is 183 Å². The van der Waals surface area contributed by atoms with E-state index in [1.54, 1.807) is 29.1 Å². The second kappa shape index (κ2) is 18.2. The summed E-state index contributed by atoms with van der Waals surface area (Å²) in [4.78, 5) is 60.1. The summed E-state index contributed by atoms with van der Waals surface area (Å²) in [6, 6.07) is 20.1. The Hall–Kier alpha value is -6.58. The Morgan fingerprint density at radius 3 is 2.57 bits per heavy atom. The lowest BCUT2D eigenvalue weighted by atomic mass is 10.0. The van der Waals surface area contributed by atoms with Crippen LogP contribution in [0.25, 0.3) is 23.3 Å². The molecule has 0 aliphatic carbocycles. The van der Waals surface area contributed by atoms with Crippen molar-refractivity contribution in [2.75, 3.05) is 43.5 Å². The number of nitrogens with zero attached hydrogens (tertiary/aromatic N) is 6. The molecule has 7 rings (SSSR count). The van der Waals surface area contributed by atoms with Gasteiger partial charge in [0.25, 0.3) is 11.8 Å². The molecule has 15 heteroatoms. The molecular formula is C41H41N9O6. The summed E-state index contributed by atoms with van der Waals surface area (Å²) in [7, 11) is 0. The number of hydrogen-bond donors (Lipinski definition) is 3. The van der Waals surface area contributed by atoms with Gasteiger partial charge in [0, 0.05) is 67.0 Å². The lowest BCUT2D eigenvalue weighted by Gasteiger charge is -2.27. The molecule has 1 saturated heterocycles. The van der Waals surface area contributed by atoms with Gasteiger partial charge in [0.15, 0.2) is 0 Å². The summed E-state index contributed by atoms with van der Waals surface area (Å²) >= 11 is 0. The van der Waals surface area contributed by atoms with Gasteiger partial charge in [0.2, 0.25) is 11.8 Å². The van der Waals surface area contributed by atoms with Crippen LogP contribution in [0.2, 0.25) is 0 Å². The van der Waals surface area contributed by atoms with Gasteiger partial charge in [0.05, 0.1) is 43.8 Å². The number of aryl methyl sites for hydroxylation is 1. The van der Waals surface area contributed by atoms with Crippen LogP contribution in [0, 0.1) is 0 Å². The molecule has 3 N–H and O–H groups in total. The zero-order chi connectivity index (χ0) is 38.7. The number of amides is 4. The van der Waals surface area contributed by atoms with Gasteiger partial charge in [-0.2, -0.15) is 0 Å². The predicted octanol–water partition coefficient (Wildman–Crippen LogP) is 4.45. The molecule has 5 heterocycles. The van der Waals surface area contributed by atoms with Crippen LogP contribution in [0.5, 0.6) is 0 Å². The fourth-order valence-electron chi connectivity index (χ4n) is 6.48. The number of pyridine rings is 2. The van der Waals surface area contributed by atoms with E-state index >= 15 is 0 Å². The Balaban J connectivity index is 0.807. The van der Waals surface area contributed by atoms with E-state index in [-0.39, 0.29) is 24.0 Å². The number of ether oxygens (including phenoxy) is 2. The molecule has 1 fully saturated rings. The molecule has 56 heavy (non-hydrogen) atoms. The SMILES string of the molecule is O=C1CCC(N2C(=O)c3cccc(NCCOCCOCc4cn(CCCNc5ncc(-c6cccnc6)cc5/C=C/c5ccccc5)nn4)c3C2=O)C(=O)N1. The summed E-state index contributed by atoms with van der Waals surface area (Å²) in [5.74, 6) is -1.38. The second-order valence-electron chi connectivity index (χ2n) is 13.2. The first-order valence-electron chi connectivity index (χ1n) is 18.4.